The number of amides is 1. The third-order valence-corrected chi connectivity index (χ3v) is 4.30. The second kappa shape index (κ2) is 4.89. The zero-order valence-electron chi connectivity index (χ0n) is 11.5. The number of hydrogen-bond acceptors (Lipinski definition) is 3. The van der Waals surface area contributed by atoms with Gasteiger partial charge in [-0.15, -0.1) is 0 Å². The fraction of sp³-hybridized carbons (Fsp3) is 0.533. The lowest BCUT2D eigenvalue weighted by Gasteiger charge is -2.28. The van der Waals surface area contributed by atoms with Gasteiger partial charge in [0.25, 0.3) is 11.6 Å². The fourth-order valence-electron chi connectivity index (χ4n) is 2.96. The molecule has 1 amide bonds. The molecule has 1 aromatic rings. The molecule has 0 spiro atoms. The van der Waals surface area contributed by atoms with Crippen molar-refractivity contribution in [1.29, 1.82) is 0 Å². The van der Waals surface area contributed by atoms with E-state index in [1.807, 2.05) is 11.9 Å². The Morgan fingerprint density at radius 1 is 1.20 bits per heavy atom. The van der Waals surface area contributed by atoms with Crippen LogP contribution in [0.25, 0.3) is 0 Å². The van der Waals surface area contributed by atoms with E-state index < -0.39 is 4.92 Å². The highest BCUT2D eigenvalue weighted by Gasteiger charge is 2.45. The van der Waals surface area contributed by atoms with Crippen LogP contribution < -0.4 is 0 Å². The number of carbonyl (C=O) groups is 1. The minimum Gasteiger partial charge on any atom is -0.338 e. The smallest absolute Gasteiger partial charge is 0.269 e. The molecular weight excluding hydrogens is 256 g/mol. The highest BCUT2D eigenvalue weighted by atomic mass is 16.6. The molecule has 0 N–H and O–H groups in total. The van der Waals surface area contributed by atoms with Crippen molar-refractivity contribution in [1.82, 2.24) is 4.90 Å². The van der Waals surface area contributed by atoms with Gasteiger partial charge in [-0.1, -0.05) is 0 Å². The largest absolute Gasteiger partial charge is 0.338 e. The summed E-state index contributed by atoms with van der Waals surface area (Å²) in [5, 5.41) is 10.6. The van der Waals surface area contributed by atoms with Crippen molar-refractivity contribution in [2.24, 2.45) is 11.8 Å². The van der Waals surface area contributed by atoms with Gasteiger partial charge < -0.3 is 4.90 Å². The molecular formula is C15H18N2O3. The van der Waals surface area contributed by atoms with E-state index in [9.17, 15) is 14.9 Å². The van der Waals surface area contributed by atoms with Gasteiger partial charge in [-0.05, 0) is 49.7 Å². The summed E-state index contributed by atoms with van der Waals surface area (Å²) in [7, 11) is 1.87. The number of nitrogens with zero attached hydrogens (tertiary/aromatic N) is 2. The Labute approximate surface area is 117 Å². The number of benzene rings is 1. The quantitative estimate of drug-likeness (QED) is 0.612. The summed E-state index contributed by atoms with van der Waals surface area (Å²) in [6.45, 7) is 0. The number of carbonyl (C=O) groups excluding carboxylic acids is 1. The average Bonchev–Trinajstić information content (AvgIpc) is 3.32. The van der Waals surface area contributed by atoms with E-state index in [-0.39, 0.29) is 11.6 Å². The Morgan fingerprint density at radius 2 is 1.70 bits per heavy atom. The molecule has 2 aliphatic carbocycles. The van der Waals surface area contributed by atoms with Crippen molar-refractivity contribution < 1.29 is 9.72 Å². The molecule has 5 heteroatoms. The van der Waals surface area contributed by atoms with Crippen molar-refractivity contribution in [2.75, 3.05) is 7.05 Å². The van der Waals surface area contributed by atoms with Crippen molar-refractivity contribution in [2.45, 2.75) is 31.7 Å². The van der Waals surface area contributed by atoms with Crippen LogP contribution in [0, 0.1) is 22.0 Å². The minimum absolute atomic E-state index is 0.0186. The molecule has 0 aliphatic heterocycles. The Balaban J connectivity index is 1.75. The molecule has 0 aromatic heterocycles. The average molecular weight is 274 g/mol. The third-order valence-electron chi connectivity index (χ3n) is 4.30. The number of nitro benzene ring substituents is 1. The van der Waals surface area contributed by atoms with Gasteiger partial charge in [0.15, 0.2) is 0 Å². The van der Waals surface area contributed by atoms with Crippen LogP contribution in [0.15, 0.2) is 24.3 Å². The number of hydrogen-bond donors (Lipinski definition) is 0. The summed E-state index contributed by atoms with van der Waals surface area (Å²) in [6, 6.07) is 6.24. The summed E-state index contributed by atoms with van der Waals surface area (Å²) in [6.07, 6.45) is 4.89. The molecule has 5 nitrogen and oxygen atoms in total. The van der Waals surface area contributed by atoms with E-state index in [0.717, 1.165) is 0 Å². The maximum atomic E-state index is 12.5. The topological polar surface area (TPSA) is 63.5 Å². The van der Waals surface area contributed by atoms with Gasteiger partial charge in [0.1, 0.15) is 0 Å². The van der Waals surface area contributed by atoms with E-state index in [0.29, 0.717) is 23.4 Å². The monoisotopic (exact) mass is 274 g/mol. The van der Waals surface area contributed by atoms with Crippen LogP contribution in [0.1, 0.15) is 36.0 Å². The van der Waals surface area contributed by atoms with Gasteiger partial charge in [0.2, 0.25) is 0 Å². The predicted octanol–water partition coefficient (Wildman–Crippen LogP) is 2.86. The Kier molecular flexibility index (Phi) is 3.20. The first kappa shape index (κ1) is 13.1. The molecule has 3 rings (SSSR count). The van der Waals surface area contributed by atoms with Crippen LogP contribution in [0.4, 0.5) is 5.69 Å². The van der Waals surface area contributed by atoms with Crippen molar-refractivity contribution >= 4 is 11.6 Å². The Bertz CT molecular complexity index is 521. The van der Waals surface area contributed by atoms with Gasteiger partial charge in [-0.2, -0.15) is 0 Å². The van der Waals surface area contributed by atoms with E-state index in [2.05, 4.69) is 0 Å². The number of nitro groups is 1. The molecule has 2 aliphatic rings. The highest BCUT2D eigenvalue weighted by molar-refractivity contribution is 5.94. The Hall–Kier alpha value is -1.91. The summed E-state index contributed by atoms with van der Waals surface area (Å²) >= 11 is 0. The van der Waals surface area contributed by atoms with Crippen LogP contribution in [0.3, 0.4) is 0 Å². The first-order valence-electron chi connectivity index (χ1n) is 7.09. The Morgan fingerprint density at radius 3 is 2.10 bits per heavy atom. The molecule has 2 fully saturated rings. The fourth-order valence-corrected chi connectivity index (χ4v) is 2.96. The zero-order valence-corrected chi connectivity index (χ0v) is 11.5. The maximum absolute atomic E-state index is 12.5. The van der Waals surface area contributed by atoms with Crippen LogP contribution >= 0.6 is 0 Å². The SMILES string of the molecule is CN(C(=O)c1ccc([N+](=O)[O-])cc1)C(C1CC1)C1CC1. The second-order valence-electron chi connectivity index (χ2n) is 5.89. The van der Waals surface area contributed by atoms with Crippen LogP contribution in [-0.4, -0.2) is 28.8 Å². The number of rotatable bonds is 5. The van der Waals surface area contributed by atoms with Crippen molar-refractivity contribution in [3.63, 3.8) is 0 Å². The summed E-state index contributed by atoms with van der Waals surface area (Å²) < 4.78 is 0. The maximum Gasteiger partial charge on any atom is 0.269 e. The summed E-state index contributed by atoms with van der Waals surface area (Å²) in [4.78, 5) is 24.5. The minimum atomic E-state index is -0.449. The molecule has 0 bridgehead atoms. The molecule has 0 atom stereocenters. The molecule has 2 saturated carbocycles. The molecule has 0 heterocycles. The number of non-ortho nitro benzene ring substituents is 1. The first-order valence-corrected chi connectivity index (χ1v) is 7.09. The molecule has 1 aromatic carbocycles. The molecule has 0 radical (unpaired) electrons. The summed E-state index contributed by atoms with van der Waals surface area (Å²) in [5.41, 5.74) is 0.550. The third kappa shape index (κ3) is 2.53. The van der Waals surface area contributed by atoms with Crippen molar-refractivity contribution in [3.05, 3.63) is 39.9 Å². The van der Waals surface area contributed by atoms with Gasteiger partial charge in [-0.3, -0.25) is 14.9 Å². The molecule has 0 unspecified atom stereocenters. The van der Waals surface area contributed by atoms with E-state index >= 15 is 0 Å². The van der Waals surface area contributed by atoms with Crippen LogP contribution in [0.2, 0.25) is 0 Å². The zero-order chi connectivity index (χ0) is 14.3. The summed E-state index contributed by atoms with van der Waals surface area (Å²) in [5.74, 6) is 1.30. The van der Waals surface area contributed by atoms with E-state index in [1.165, 1.54) is 37.8 Å². The lowest BCUT2D eigenvalue weighted by atomic mass is 10.0. The van der Waals surface area contributed by atoms with Gasteiger partial charge in [0.05, 0.1) is 4.92 Å². The highest BCUT2D eigenvalue weighted by Crippen LogP contribution is 2.47. The normalized spacial score (nSPS) is 18.1. The van der Waals surface area contributed by atoms with E-state index in [4.69, 9.17) is 0 Å². The van der Waals surface area contributed by atoms with Gasteiger partial charge in [-0.25, -0.2) is 0 Å². The van der Waals surface area contributed by atoms with Crippen LogP contribution in [0.5, 0.6) is 0 Å². The van der Waals surface area contributed by atoms with Crippen LogP contribution in [-0.2, 0) is 0 Å². The lowest BCUT2D eigenvalue weighted by Crippen LogP contribution is -2.40. The standard InChI is InChI=1S/C15H18N2O3/c1-16(14(10-2-3-10)11-4-5-11)15(18)12-6-8-13(9-7-12)17(19)20/h6-11,14H,2-5H2,1H3. The lowest BCUT2D eigenvalue weighted by molar-refractivity contribution is -0.384. The molecule has 0 saturated heterocycles. The van der Waals surface area contributed by atoms with E-state index in [1.54, 1.807) is 12.1 Å². The molecule has 20 heavy (non-hydrogen) atoms. The predicted molar refractivity (Wildman–Crippen MR) is 74.4 cm³/mol. The molecule has 106 valence electrons. The second-order valence-corrected chi connectivity index (χ2v) is 5.89. The van der Waals surface area contributed by atoms with Gasteiger partial charge in [0, 0.05) is 30.8 Å². The first-order chi connectivity index (χ1) is 9.58. The van der Waals surface area contributed by atoms with Gasteiger partial charge >= 0.3 is 0 Å². The van der Waals surface area contributed by atoms with Crippen molar-refractivity contribution in [3.8, 4) is 0 Å².